The molecule has 3 aromatic rings. The molecule has 0 saturated heterocycles. The molecule has 1 aromatic heterocycles. The summed E-state index contributed by atoms with van der Waals surface area (Å²) in [5.41, 5.74) is 3.01. The Morgan fingerprint density at radius 3 is 2.70 bits per heavy atom. The minimum Gasteiger partial charge on any atom is -0.459 e. The first kappa shape index (κ1) is 13.1. The van der Waals surface area contributed by atoms with E-state index in [0.717, 1.165) is 27.4 Å². The van der Waals surface area contributed by atoms with Crippen LogP contribution >= 0.6 is 11.6 Å². The minimum atomic E-state index is 0.0571. The Hall–Kier alpha value is -1.93. The molecule has 0 fully saturated rings. The van der Waals surface area contributed by atoms with Gasteiger partial charge in [0.15, 0.2) is 0 Å². The maximum absolute atomic E-state index is 6.21. The first-order chi connectivity index (χ1) is 9.63. The van der Waals surface area contributed by atoms with Crippen LogP contribution in [-0.2, 0) is 0 Å². The summed E-state index contributed by atoms with van der Waals surface area (Å²) >= 11 is 6.21. The maximum Gasteiger partial charge on any atom is 0.134 e. The van der Waals surface area contributed by atoms with Gasteiger partial charge in [0.05, 0.1) is 16.8 Å². The SMILES string of the molecule is Cc1ccc(Cl)c(NC(C)c2cc3ccccc3o2)c1. The minimum absolute atomic E-state index is 0.0571. The van der Waals surface area contributed by atoms with Crippen LogP contribution in [0.1, 0.15) is 24.3 Å². The van der Waals surface area contributed by atoms with E-state index in [2.05, 4.69) is 24.4 Å². The number of hydrogen-bond donors (Lipinski definition) is 1. The summed E-state index contributed by atoms with van der Waals surface area (Å²) in [5.74, 6) is 0.906. The van der Waals surface area contributed by atoms with E-state index in [-0.39, 0.29) is 6.04 Å². The highest BCUT2D eigenvalue weighted by Crippen LogP contribution is 2.29. The summed E-state index contributed by atoms with van der Waals surface area (Å²) in [6, 6.07) is 16.1. The molecular formula is C17H16ClNO. The number of rotatable bonds is 3. The molecule has 0 bridgehead atoms. The van der Waals surface area contributed by atoms with Gasteiger partial charge in [0.1, 0.15) is 11.3 Å². The fourth-order valence-electron chi connectivity index (χ4n) is 2.27. The molecule has 2 aromatic carbocycles. The number of anilines is 1. The van der Waals surface area contributed by atoms with Gasteiger partial charge in [-0.15, -0.1) is 0 Å². The summed E-state index contributed by atoms with van der Waals surface area (Å²) in [6.07, 6.45) is 0. The number of aryl methyl sites for hydroxylation is 1. The third-order valence-electron chi connectivity index (χ3n) is 3.37. The molecule has 1 heterocycles. The van der Waals surface area contributed by atoms with E-state index < -0.39 is 0 Å². The third-order valence-corrected chi connectivity index (χ3v) is 3.69. The van der Waals surface area contributed by atoms with E-state index in [1.54, 1.807) is 0 Å². The van der Waals surface area contributed by atoms with Crippen LogP contribution in [0.25, 0.3) is 11.0 Å². The highest BCUT2D eigenvalue weighted by molar-refractivity contribution is 6.33. The van der Waals surface area contributed by atoms with Crippen molar-refractivity contribution in [3.05, 3.63) is 64.9 Å². The Labute approximate surface area is 123 Å². The molecule has 102 valence electrons. The van der Waals surface area contributed by atoms with E-state index in [1.807, 2.05) is 43.3 Å². The lowest BCUT2D eigenvalue weighted by molar-refractivity contribution is 0.526. The molecule has 20 heavy (non-hydrogen) atoms. The Bertz CT molecular complexity index is 715. The van der Waals surface area contributed by atoms with Crippen LogP contribution in [0.5, 0.6) is 0 Å². The second kappa shape index (κ2) is 5.22. The average molecular weight is 286 g/mol. The second-order valence-corrected chi connectivity index (χ2v) is 5.44. The molecule has 0 spiro atoms. The van der Waals surface area contributed by atoms with Gasteiger partial charge in [-0.05, 0) is 43.7 Å². The van der Waals surface area contributed by atoms with E-state index in [1.165, 1.54) is 5.56 Å². The van der Waals surface area contributed by atoms with Gasteiger partial charge in [-0.25, -0.2) is 0 Å². The Morgan fingerprint density at radius 1 is 1.10 bits per heavy atom. The first-order valence-electron chi connectivity index (χ1n) is 6.64. The van der Waals surface area contributed by atoms with Gasteiger partial charge in [-0.1, -0.05) is 35.9 Å². The molecule has 0 radical (unpaired) electrons. The highest BCUT2D eigenvalue weighted by atomic mass is 35.5. The normalized spacial score (nSPS) is 12.6. The standard InChI is InChI=1S/C17H16ClNO/c1-11-7-8-14(18)15(9-11)19-12(2)17-10-13-5-3-4-6-16(13)20-17/h3-10,12,19H,1-2H3. The van der Waals surface area contributed by atoms with Crippen LogP contribution in [-0.4, -0.2) is 0 Å². The predicted molar refractivity (Wildman–Crippen MR) is 84.4 cm³/mol. The van der Waals surface area contributed by atoms with Gasteiger partial charge in [-0.3, -0.25) is 0 Å². The van der Waals surface area contributed by atoms with Crippen molar-refractivity contribution in [3.63, 3.8) is 0 Å². The smallest absolute Gasteiger partial charge is 0.134 e. The van der Waals surface area contributed by atoms with Gasteiger partial charge in [-0.2, -0.15) is 0 Å². The van der Waals surface area contributed by atoms with E-state index in [9.17, 15) is 0 Å². The predicted octanol–water partition coefficient (Wildman–Crippen LogP) is 5.57. The Kier molecular flexibility index (Phi) is 3.41. The molecule has 0 aliphatic carbocycles. The third kappa shape index (κ3) is 2.52. The van der Waals surface area contributed by atoms with Crippen LogP contribution < -0.4 is 5.32 Å². The number of halogens is 1. The number of nitrogens with one attached hydrogen (secondary N) is 1. The second-order valence-electron chi connectivity index (χ2n) is 5.04. The number of hydrogen-bond acceptors (Lipinski definition) is 2. The van der Waals surface area contributed by atoms with Gasteiger partial charge in [0, 0.05) is 5.39 Å². The number of fused-ring (bicyclic) bond motifs is 1. The van der Waals surface area contributed by atoms with Crippen LogP contribution in [0.15, 0.2) is 52.9 Å². The maximum atomic E-state index is 6.21. The molecule has 3 rings (SSSR count). The van der Waals surface area contributed by atoms with Gasteiger partial charge in [0.2, 0.25) is 0 Å². The van der Waals surface area contributed by atoms with Crippen molar-refractivity contribution in [1.29, 1.82) is 0 Å². The van der Waals surface area contributed by atoms with E-state index in [0.29, 0.717) is 0 Å². The van der Waals surface area contributed by atoms with Gasteiger partial charge >= 0.3 is 0 Å². The van der Waals surface area contributed by atoms with E-state index in [4.69, 9.17) is 16.0 Å². The molecule has 0 amide bonds. The fraction of sp³-hybridized carbons (Fsp3) is 0.176. The van der Waals surface area contributed by atoms with E-state index >= 15 is 0 Å². The zero-order valence-corrected chi connectivity index (χ0v) is 12.2. The van der Waals surface area contributed by atoms with Crippen molar-refractivity contribution in [2.75, 3.05) is 5.32 Å². The highest BCUT2D eigenvalue weighted by Gasteiger charge is 2.12. The summed E-state index contributed by atoms with van der Waals surface area (Å²) in [5, 5.41) is 5.24. The Morgan fingerprint density at radius 2 is 1.90 bits per heavy atom. The molecule has 0 aliphatic rings. The van der Waals surface area contributed by atoms with Crippen LogP contribution in [0.4, 0.5) is 5.69 Å². The molecular weight excluding hydrogens is 270 g/mol. The zero-order valence-electron chi connectivity index (χ0n) is 11.5. The summed E-state index contributed by atoms with van der Waals surface area (Å²) in [4.78, 5) is 0. The topological polar surface area (TPSA) is 25.2 Å². The van der Waals surface area contributed by atoms with Crippen molar-refractivity contribution in [2.45, 2.75) is 19.9 Å². The van der Waals surface area contributed by atoms with Crippen molar-refractivity contribution in [2.24, 2.45) is 0 Å². The molecule has 3 heteroatoms. The fourth-order valence-corrected chi connectivity index (χ4v) is 2.44. The molecule has 1 N–H and O–H groups in total. The number of furan rings is 1. The molecule has 0 aliphatic heterocycles. The van der Waals surface area contributed by atoms with Crippen LogP contribution in [0.3, 0.4) is 0 Å². The van der Waals surface area contributed by atoms with Crippen molar-refractivity contribution < 1.29 is 4.42 Å². The van der Waals surface area contributed by atoms with Gasteiger partial charge in [0.25, 0.3) is 0 Å². The largest absolute Gasteiger partial charge is 0.459 e. The first-order valence-corrected chi connectivity index (χ1v) is 7.02. The Balaban J connectivity index is 1.88. The van der Waals surface area contributed by atoms with Crippen molar-refractivity contribution in [3.8, 4) is 0 Å². The number of para-hydroxylation sites is 1. The number of benzene rings is 2. The van der Waals surface area contributed by atoms with Crippen molar-refractivity contribution >= 4 is 28.3 Å². The zero-order chi connectivity index (χ0) is 14.1. The summed E-state index contributed by atoms with van der Waals surface area (Å²) < 4.78 is 5.87. The lowest BCUT2D eigenvalue weighted by atomic mass is 10.2. The molecule has 1 atom stereocenters. The quantitative estimate of drug-likeness (QED) is 0.681. The van der Waals surface area contributed by atoms with Crippen LogP contribution in [0.2, 0.25) is 5.02 Å². The van der Waals surface area contributed by atoms with Crippen molar-refractivity contribution in [1.82, 2.24) is 0 Å². The molecule has 1 unspecified atom stereocenters. The average Bonchev–Trinajstić information content (AvgIpc) is 2.87. The van der Waals surface area contributed by atoms with Gasteiger partial charge < -0.3 is 9.73 Å². The monoisotopic (exact) mass is 285 g/mol. The summed E-state index contributed by atoms with van der Waals surface area (Å²) in [7, 11) is 0. The lowest BCUT2D eigenvalue weighted by Gasteiger charge is -2.14. The molecule has 0 saturated carbocycles. The van der Waals surface area contributed by atoms with Crippen LogP contribution in [0, 0.1) is 6.92 Å². The summed E-state index contributed by atoms with van der Waals surface area (Å²) in [6.45, 7) is 4.11. The molecule has 2 nitrogen and oxygen atoms in total. The lowest BCUT2D eigenvalue weighted by Crippen LogP contribution is -2.06.